The van der Waals surface area contributed by atoms with Crippen LogP contribution in [-0.4, -0.2) is 35.6 Å². The standard InChI is InChI=1S/C5H7NO3.Li/c7-5-3-1-2-4(5)6(8)9;/h4H,1-3H2;. The van der Waals surface area contributed by atoms with E-state index in [0.717, 1.165) is 0 Å². The second-order valence-corrected chi connectivity index (χ2v) is 2.16. The molecule has 0 aromatic heterocycles. The molecule has 1 radical (unpaired) electrons. The van der Waals surface area contributed by atoms with Crippen LogP contribution < -0.4 is 0 Å². The van der Waals surface area contributed by atoms with Crippen LogP contribution in [0.5, 0.6) is 0 Å². The monoisotopic (exact) mass is 136 g/mol. The minimum Gasteiger partial charge on any atom is -0.292 e. The van der Waals surface area contributed by atoms with Crippen LogP contribution in [0.15, 0.2) is 0 Å². The SMILES string of the molecule is O=C1CCCC1[N+](=O)[O-].[Li]. The van der Waals surface area contributed by atoms with Crippen molar-refractivity contribution in [3.05, 3.63) is 10.1 Å². The van der Waals surface area contributed by atoms with Gasteiger partial charge in [0, 0.05) is 36.6 Å². The third-order valence-corrected chi connectivity index (χ3v) is 1.53. The van der Waals surface area contributed by atoms with Crippen molar-refractivity contribution in [1.82, 2.24) is 0 Å². The van der Waals surface area contributed by atoms with E-state index in [1.54, 1.807) is 0 Å². The molecule has 51 valence electrons. The predicted octanol–water partition coefficient (Wildman–Crippen LogP) is 0.00390. The van der Waals surface area contributed by atoms with Gasteiger partial charge < -0.3 is 0 Å². The third-order valence-electron chi connectivity index (χ3n) is 1.53. The van der Waals surface area contributed by atoms with Crippen molar-refractivity contribution in [3.63, 3.8) is 0 Å². The molecule has 0 N–H and O–H groups in total. The minimum atomic E-state index is -0.884. The van der Waals surface area contributed by atoms with Crippen molar-refractivity contribution in [1.29, 1.82) is 0 Å². The van der Waals surface area contributed by atoms with Crippen molar-refractivity contribution in [2.45, 2.75) is 25.3 Å². The molecule has 0 spiro atoms. The third kappa shape index (κ3) is 1.82. The second-order valence-electron chi connectivity index (χ2n) is 2.16. The van der Waals surface area contributed by atoms with Crippen LogP contribution in [-0.2, 0) is 4.79 Å². The predicted molar refractivity (Wildman–Crippen MR) is 35.4 cm³/mol. The fraction of sp³-hybridized carbons (Fsp3) is 0.800. The Morgan fingerprint density at radius 3 is 2.40 bits per heavy atom. The number of rotatable bonds is 1. The zero-order valence-corrected chi connectivity index (χ0v) is 5.87. The Balaban J connectivity index is 0.000000810. The summed E-state index contributed by atoms with van der Waals surface area (Å²) in [5.74, 6) is -0.208. The molecule has 5 heteroatoms. The van der Waals surface area contributed by atoms with Crippen molar-refractivity contribution < 1.29 is 9.72 Å². The molecule has 0 aliphatic heterocycles. The molecule has 0 saturated heterocycles. The van der Waals surface area contributed by atoms with Crippen molar-refractivity contribution in [3.8, 4) is 0 Å². The maximum absolute atomic E-state index is 10.6. The molecule has 1 fully saturated rings. The first-order valence-corrected chi connectivity index (χ1v) is 2.88. The molecule has 0 amide bonds. The fourth-order valence-corrected chi connectivity index (χ4v) is 1.02. The Labute approximate surface area is 70.3 Å². The summed E-state index contributed by atoms with van der Waals surface area (Å²) in [6.07, 6.45) is 1.52. The van der Waals surface area contributed by atoms with Gasteiger partial charge in [0.05, 0.1) is 0 Å². The normalized spacial score (nSPS) is 24.0. The molecule has 1 aliphatic carbocycles. The molecule has 4 nitrogen and oxygen atoms in total. The van der Waals surface area contributed by atoms with Crippen LogP contribution >= 0.6 is 0 Å². The van der Waals surface area contributed by atoms with Crippen molar-refractivity contribution >= 4 is 24.6 Å². The van der Waals surface area contributed by atoms with E-state index in [1.165, 1.54) is 0 Å². The molecule has 1 saturated carbocycles. The largest absolute Gasteiger partial charge is 0.292 e. The Morgan fingerprint density at radius 2 is 2.20 bits per heavy atom. The molecule has 1 atom stereocenters. The van der Waals surface area contributed by atoms with Crippen molar-refractivity contribution in [2.24, 2.45) is 0 Å². The van der Waals surface area contributed by atoms with E-state index in [1.807, 2.05) is 0 Å². The van der Waals surface area contributed by atoms with Crippen LogP contribution in [0.1, 0.15) is 19.3 Å². The van der Waals surface area contributed by atoms with Gasteiger partial charge in [-0.25, -0.2) is 0 Å². The first-order valence-electron chi connectivity index (χ1n) is 2.88. The topological polar surface area (TPSA) is 60.2 Å². The van der Waals surface area contributed by atoms with Crippen LogP contribution in [0.2, 0.25) is 0 Å². The summed E-state index contributed by atoms with van der Waals surface area (Å²) in [5.41, 5.74) is 0. The number of Topliss-reactive ketones (excluding diaryl/α,β-unsaturated/α-hetero) is 1. The molecule has 1 unspecified atom stereocenters. The Hall–Kier alpha value is -0.333. The summed E-state index contributed by atoms with van der Waals surface area (Å²) >= 11 is 0. The molecule has 0 bridgehead atoms. The quantitative estimate of drug-likeness (QED) is 0.289. The molecule has 0 aromatic carbocycles. The van der Waals surface area contributed by atoms with Gasteiger partial charge in [0.15, 0.2) is 0 Å². The van der Waals surface area contributed by atoms with E-state index in [2.05, 4.69) is 0 Å². The van der Waals surface area contributed by atoms with Gasteiger partial charge in [-0.15, -0.1) is 0 Å². The number of hydrogen-bond donors (Lipinski definition) is 0. The molecule has 1 rings (SSSR count). The zero-order chi connectivity index (χ0) is 6.85. The summed E-state index contributed by atoms with van der Waals surface area (Å²) < 4.78 is 0. The van der Waals surface area contributed by atoms with Gasteiger partial charge in [-0.05, 0) is 6.42 Å². The first kappa shape index (κ1) is 9.67. The van der Waals surface area contributed by atoms with Gasteiger partial charge in [-0.1, -0.05) is 0 Å². The van der Waals surface area contributed by atoms with Crippen LogP contribution in [0.3, 0.4) is 0 Å². The van der Waals surface area contributed by atoms with E-state index in [9.17, 15) is 14.9 Å². The summed E-state index contributed by atoms with van der Waals surface area (Å²) in [6.45, 7) is 0. The first-order chi connectivity index (χ1) is 4.22. The van der Waals surface area contributed by atoms with E-state index in [-0.39, 0.29) is 24.6 Å². The number of nitrogens with zero attached hydrogens (tertiary/aromatic N) is 1. The molecular formula is C5H7LiNO3. The van der Waals surface area contributed by atoms with Gasteiger partial charge >= 0.3 is 0 Å². The summed E-state index contributed by atoms with van der Waals surface area (Å²) in [6, 6.07) is -0.884. The Bertz CT molecular complexity index is 159. The molecule has 0 heterocycles. The molecular weight excluding hydrogens is 129 g/mol. The van der Waals surface area contributed by atoms with Gasteiger partial charge in [0.2, 0.25) is 5.78 Å². The van der Waals surface area contributed by atoms with Gasteiger partial charge in [0.25, 0.3) is 6.04 Å². The van der Waals surface area contributed by atoms with Gasteiger partial charge in [-0.3, -0.25) is 14.9 Å². The van der Waals surface area contributed by atoms with Crippen LogP contribution in [0.25, 0.3) is 0 Å². The van der Waals surface area contributed by atoms with Gasteiger partial charge in [0.1, 0.15) is 0 Å². The number of carbonyl (C=O) groups is 1. The maximum Gasteiger partial charge on any atom is 0.270 e. The number of hydrogen-bond acceptors (Lipinski definition) is 3. The average Bonchev–Trinajstić information content (AvgIpc) is 2.13. The Kier molecular flexibility index (Phi) is 3.62. The number of ketones is 1. The van der Waals surface area contributed by atoms with Gasteiger partial charge in [-0.2, -0.15) is 0 Å². The van der Waals surface area contributed by atoms with Crippen LogP contribution in [0.4, 0.5) is 0 Å². The molecule has 10 heavy (non-hydrogen) atoms. The van der Waals surface area contributed by atoms with E-state index in [4.69, 9.17) is 0 Å². The Morgan fingerprint density at radius 1 is 1.60 bits per heavy atom. The zero-order valence-electron chi connectivity index (χ0n) is 5.87. The van der Waals surface area contributed by atoms with E-state index < -0.39 is 11.0 Å². The smallest absolute Gasteiger partial charge is 0.270 e. The van der Waals surface area contributed by atoms with Crippen molar-refractivity contribution in [2.75, 3.05) is 0 Å². The fourth-order valence-electron chi connectivity index (χ4n) is 1.02. The summed E-state index contributed by atoms with van der Waals surface area (Å²) in [5, 5.41) is 10.00. The summed E-state index contributed by atoms with van der Waals surface area (Å²) in [7, 11) is 0. The van der Waals surface area contributed by atoms with E-state index in [0.29, 0.717) is 19.3 Å². The minimum absolute atomic E-state index is 0. The number of carbonyl (C=O) groups excluding carboxylic acids is 1. The van der Waals surface area contributed by atoms with Crippen LogP contribution in [0, 0.1) is 10.1 Å². The molecule has 1 aliphatic rings. The molecule has 0 aromatic rings. The average molecular weight is 136 g/mol. The van der Waals surface area contributed by atoms with E-state index >= 15 is 0 Å². The number of nitro groups is 1. The second kappa shape index (κ2) is 3.74. The maximum atomic E-state index is 10.6. The summed E-state index contributed by atoms with van der Waals surface area (Å²) in [4.78, 5) is 20.1.